The van der Waals surface area contributed by atoms with Gasteiger partial charge in [0.15, 0.2) is 0 Å². The second-order valence-electron chi connectivity index (χ2n) is 9.74. The Hall–Kier alpha value is -2.41. The van der Waals surface area contributed by atoms with Crippen LogP contribution in [0.1, 0.15) is 63.6 Å². The number of amides is 3. The first-order valence-corrected chi connectivity index (χ1v) is 11.3. The lowest BCUT2D eigenvalue weighted by atomic mass is 9.85. The predicted octanol–water partition coefficient (Wildman–Crippen LogP) is 1.92. The lowest BCUT2D eigenvalue weighted by molar-refractivity contribution is -0.144. The number of benzene rings is 1. The number of hydrogen-bond acceptors (Lipinski definition) is 4. The molecule has 0 bridgehead atoms. The Morgan fingerprint density at radius 1 is 1.13 bits per heavy atom. The Balaban J connectivity index is 1.73. The average molecular weight is 429 g/mol. The Kier molecular flexibility index (Phi) is 7.36. The molecule has 3 amide bonds. The van der Waals surface area contributed by atoms with E-state index in [-0.39, 0.29) is 30.3 Å². The van der Waals surface area contributed by atoms with Crippen molar-refractivity contribution in [2.45, 2.75) is 71.0 Å². The number of hydrogen-bond donors (Lipinski definition) is 3. The molecule has 0 aromatic heterocycles. The smallest absolute Gasteiger partial charge is 0.246 e. The summed E-state index contributed by atoms with van der Waals surface area (Å²) in [7, 11) is 1.69. The summed E-state index contributed by atoms with van der Waals surface area (Å²) in [5.74, 6) is -0.504. The van der Waals surface area contributed by atoms with Crippen molar-refractivity contribution in [2.24, 2.45) is 5.41 Å². The summed E-state index contributed by atoms with van der Waals surface area (Å²) in [6, 6.07) is 7.07. The summed E-state index contributed by atoms with van der Waals surface area (Å²) in [5.41, 5.74) is 2.01. The summed E-state index contributed by atoms with van der Waals surface area (Å²) in [6.45, 7) is 6.47. The molecule has 3 atom stereocenters. The first-order valence-electron chi connectivity index (χ1n) is 11.3. The fourth-order valence-corrected chi connectivity index (χ4v) is 4.66. The molecule has 1 aromatic rings. The molecule has 3 N–H and O–H groups in total. The number of carbonyl (C=O) groups is 3. The van der Waals surface area contributed by atoms with E-state index in [2.05, 4.69) is 28.1 Å². The molecule has 0 spiro atoms. The van der Waals surface area contributed by atoms with Crippen LogP contribution in [0.3, 0.4) is 0 Å². The van der Waals surface area contributed by atoms with Crippen LogP contribution in [-0.4, -0.2) is 54.8 Å². The van der Waals surface area contributed by atoms with E-state index in [4.69, 9.17) is 0 Å². The molecular formula is C24H36N4O3. The quantitative estimate of drug-likeness (QED) is 0.646. The molecule has 170 valence electrons. The van der Waals surface area contributed by atoms with Crippen LogP contribution < -0.4 is 16.0 Å². The third-order valence-electron chi connectivity index (χ3n) is 6.28. The van der Waals surface area contributed by atoms with Gasteiger partial charge in [-0.05, 0) is 55.7 Å². The maximum atomic E-state index is 13.4. The van der Waals surface area contributed by atoms with Crippen LogP contribution in [0.25, 0.3) is 0 Å². The molecule has 7 nitrogen and oxygen atoms in total. The zero-order chi connectivity index (χ0) is 22.6. The zero-order valence-corrected chi connectivity index (χ0v) is 19.2. The molecule has 1 aliphatic heterocycles. The van der Waals surface area contributed by atoms with Gasteiger partial charge in [0.2, 0.25) is 17.7 Å². The SMILES string of the molecule is CNCC(=O)NC(C(=O)N1CCCC1C(=O)NC1CCCc2ccccc21)C(C)(C)C. The molecule has 31 heavy (non-hydrogen) atoms. The van der Waals surface area contributed by atoms with Gasteiger partial charge >= 0.3 is 0 Å². The monoisotopic (exact) mass is 428 g/mol. The molecule has 1 saturated heterocycles. The highest BCUT2D eigenvalue weighted by molar-refractivity contribution is 5.93. The van der Waals surface area contributed by atoms with Crippen LogP contribution in [0.2, 0.25) is 0 Å². The van der Waals surface area contributed by atoms with Crippen molar-refractivity contribution in [3.05, 3.63) is 35.4 Å². The maximum Gasteiger partial charge on any atom is 0.246 e. The van der Waals surface area contributed by atoms with Gasteiger partial charge in [-0.15, -0.1) is 0 Å². The highest BCUT2D eigenvalue weighted by atomic mass is 16.2. The summed E-state index contributed by atoms with van der Waals surface area (Å²) in [6.07, 6.45) is 4.42. The summed E-state index contributed by atoms with van der Waals surface area (Å²) in [4.78, 5) is 40.5. The molecule has 3 unspecified atom stereocenters. The van der Waals surface area contributed by atoms with Crippen LogP contribution in [0, 0.1) is 5.41 Å². The maximum absolute atomic E-state index is 13.4. The van der Waals surface area contributed by atoms with Gasteiger partial charge < -0.3 is 20.9 Å². The summed E-state index contributed by atoms with van der Waals surface area (Å²) < 4.78 is 0. The normalized spacial score (nSPS) is 21.9. The number of nitrogens with zero attached hydrogens (tertiary/aromatic N) is 1. The van der Waals surface area contributed by atoms with Crippen LogP contribution in [0.15, 0.2) is 24.3 Å². The second-order valence-corrected chi connectivity index (χ2v) is 9.74. The number of fused-ring (bicyclic) bond motifs is 1. The van der Waals surface area contributed by atoms with Crippen LogP contribution in [0.4, 0.5) is 0 Å². The van der Waals surface area contributed by atoms with E-state index in [0.717, 1.165) is 25.7 Å². The zero-order valence-electron chi connectivity index (χ0n) is 19.2. The minimum absolute atomic E-state index is 0.0104. The van der Waals surface area contributed by atoms with Gasteiger partial charge in [-0.3, -0.25) is 14.4 Å². The molecular weight excluding hydrogens is 392 g/mol. The summed E-state index contributed by atoms with van der Waals surface area (Å²) >= 11 is 0. The van der Waals surface area contributed by atoms with Gasteiger partial charge in [-0.25, -0.2) is 0 Å². The van der Waals surface area contributed by atoms with Crippen LogP contribution in [-0.2, 0) is 20.8 Å². The van der Waals surface area contributed by atoms with Crippen molar-refractivity contribution >= 4 is 17.7 Å². The van der Waals surface area contributed by atoms with Crippen LogP contribution in [0.5, 0.6) is 0 Å². The highest BCUT2D eigenvalue weighted by Gasteiger charge is 2.42. The third kappa shape index (κ3) is 5.45. The number of carbonyl (C=O) groups excluding carboxylic acids is 3. The fourth-order valence-electron chi connectivity index (χ4n) is 4.66. The van der Waals surface area contributed by atoms with Gasteiger partial charge in [0.1, 0.15) is 12.1 Å². The molecule has 1 fully saturated rings. The van der Waals surface area contributed by atoms with E-state index >= 15 is 0 Å². The minimum Gasteiger partial charge on any atom is -0.347 e. The number of nitrogens with one attached hydrogen (secondary N) is 3. The van der Waals surface area contributed by atoms with Gasteiger partial charge in [-0.1, -0.05) is 45.0 Å². The largest absolute Gasteiger partial charge is 0.347 e. The van der Waals surface area contributed by atoms with E-state index in [1.54, 1.807) is 11.9 Å². The molecule has 1 heterocycles. The molecule has 3 rings (SSSR count). The van der Waals surface area contributed by atoms with Gasteiger partial charge in [0.05, 0.1) is 12.6 Å². The second kappa shape index (κ2) is 9.81. The van der Waals surface area contributed by atoms with Crippen molar-refractivity contribution < 1.29 is 14.4 Å². The lowest BCUT2D eigenvalue weighted by Crippen LogP contribution is -2.58. The lowest BCUT2D eigenvalue weighted by Gasteiger charge is -2.36. The molecule has 0 radical (unpaired) electrons. The van der Waals surface area contributed by atoms with Crippen molar-refractivity contribution in [1.29, 1.82) is 0 Å². The topological polar surface area (TPSA) is 90.5 Å². The Morgan fingerprint density at radius 3 is 2.58 bits per heavy atom. The van der Waals surface area contributed by atoms with Crippen molar-refractivity contribution in [1.82, 2.24) is 20.9 Å². The molecule has 0 saturated carbocycles. The number of aryl methyl sites for hydroxylation is 1. The van der Waals surface area contributed by atoms with E-state index in [1.807, 2.05) is 32.9 Å². The number of rotatable bonds is 6. The van der Waals surface area contributed by atoms with E-state index in [1.165, 1.54) is 11.1 Å². The predicted molar refractivity (Wildman–Crippen MR) is 120 cm³/mol. The summed E-state index contributed by atoms with van der Waals surface area (Å²) in [5, 5.41) is 8.89. The molecule has 1 aromatic carbocycles. The molecule has 7 heteroatoms. The Morgan fingerprint density at radius 2 is 1.87 bits per heavy atom. The van der Waals surface area contributed by atoms with Crippen molar-refractivity contribution in [3.8, 4) is 0 Å². The van der Waals surface area contributed by atoms with Gasteiger partial charge in [0.25, 0.3) is 0 Å². The van der Waals surface area contributed by atoms with Crippen molar-refractivity contribution in [2.75, 3.05) is 20.1 Å². The minimum atomic E-state index is -0.683. The standard InChI is InChI=1S/C24H36N4O3/c1-24(2,3)21(27-20(29)15-25-4)23(31)28-14-8-13-19(28)22(30)26-18-12-7-10-16-9-5-6-11-17(16)18/h5-6,9,11,18-19,21,25H,7-8,10,12-15H2,1-4H3,(H,26,30)(H,27,29). The first kappa shape index (κ1) is 23.3. The number of likely N-dealkylation sites (tertiary alicyclic amines) is 1. The van der Waals surface area contributed by atoms with Gasteiger partial charge in [-0.2, -0.15) is 0 Å². The highest BCUT2D eigenvalue weighted by Crippen LogP contribution is 2.31. The molecule has 1 aliphatic carbocycles. The third-order valence-corrected chi connectivity index (χ3v) is 6.28. The Labute approximate surface area is 185 Å². The Bertz CT molecular complexity index is 817. The van der Waals surface area contributed by atoms with Crippen molar-refractivity contribution in [3.63, 3.8) is 0 Å². The number of likely N-dealkylation sites (N-methyl/N-ethyl adjacent to an activating group) is 1. The van der Waals surface area contributed by atoms with Gasteiger partial charge in [0, 0.05) is 6.54 Å². The first-order chi connectivity index (χ1) is 14.7. The van der Waals surface area contributed by atoms with Crippen LogP contribution >= 0.6 is 0 Å². The van der Waals surface area contributed by atoms with E-state index in [0.29, 0.717) is 13.0 Å². The average Bonchev–Trinajstić information content (AvgIpc) is 3.21. The van der Waals surface area contributed by atoms with E-state index < -0.39 is 17.5 Å². The molecule has 2 aliphatic rings. The fraction of sp³-hybridized carbons (Fsp3) is 0.625. The van der Waals surface area contributed by atoms with E-state index in [9.17, 15) is 14.4 Å².